The number of thiophene rings is 1. The first-order valence-electron chi connectivity index (χ1n) is 9.30. The van der Waals surface area contributed by atoms with Gasteiger partial charge in [0.25, 0.3) is 5.56 Å². The zero-order chi connectivity index (χ0) is 19.5. The standard InChI is InChI=1S/C23H22N2O2S/c1-16-20(18-11-7-4-8-12-18)21-22(28-16)24-19(15-17-9-5-3-6-10-17)25(23(21)26)13-14-27-2/h3-12H,13-15H2,1-2H3. The summed E-state index contributed by atoms with van der Waals surface area (Å²) in [6.45, 7) is 3.02. The van der Waals surface area contributed by atoms with Gasteiger partial charge in [0, 0.05) is 24.0 Å². The van der Waals surface area contributed by atoms with Crippen LogP contribution in [0.15, 0.2) is 65.5 Å². The van der Waals surface area contributed by atoms with Crippen molar-refractivity contribution in [2.75, 3.05) is 13.7 Å². The number of fused-ring (bicyclic) bond motifs is 1. The van der Waals surface area contributed by atoms with Gasteiger partial charge in [0.05, 0.1) is 18.5 Å². The van der Waals surface area contributed by atoms with Crippen LogP contribution in [0, 0.1) is 6.92 Å². The van der Waals surface area contributed by atoms with Crippen molar-refractivity contribution in [3.63, 3.8) is 0 Å². The first-order valence-corrected chi connectivity index (χ1v) is 10.1. The first-order chi connectivity index (χ1) is 13.7. The van der Waals surface area contributed by atoms with Crippen LogP contribution in [0.1, 0.15) is 16.3 Å². The fourth-order valence-corrected chi connectivity index (χ4v) is 4.57. The molecule has 0 aliphatic rings. The van der Waals surface area contributed by atoms with Crippen molar-refractivity contribution in [2.45, 2.75) is 19.9 Å². The van der Waals surface area contributed by atoms with E-state index in [9.17, 15) is 4.79 Å². The number of aryl methyl sites for hydroxylation is 1. The third kappa shape index (κ3) is 3.51. The summed E-state index contributed by atoms with van der Waals surface area (Å²) in [5, 5.41) is 0.710. The summed E-state index contributed by atoms with van der Waals surface area (Å²) in [5.74, 6) is 0.779. The summed E-state index contributed by atoms with van der Waals surface area (Å²) in [5.41, 5.74) is 3.20. The highest BCUT2D eigenvalue weighted by atomic mass is 32.1. The number of methoxy groups -OCH3 is 1. The van der Waals surface area contributed by atoms with E-state index in [2.05, 4.69) is 19.1 Å². The Morgan fingerprint density at radius 1 is 1.04 bits per heavy atom. The lowest BCUT2D eigenvalue weighted by Gasteiger charge is -2.13. The van der Waals surface area contributed by atoms with Crippen molar-refractivity contribution in [1.29, 1.82) is 0 Å². The second-order valence-corrected chi connectivity index (χ2v) is 7.92. The van der Waals surface area contributed by atoms with Crippen LogP contribution >= 0.6 is 11.3 Å². The zero-order valence-electron chi connectivity index (χ0n) is 16.0. The molecule has 0 saturated carbocycles. The van der Waals surface area contributed by atoms with Crippen molar-refractivity contribution in [1.82, 2.24) is 9.55 Å². The highest BCUT2D eigenvalue weighted by molar-refractivity contribution is 7.19. The number of hydrogen-bond acceptors (Lipinski definition) is 4. The van der Waals surface area contributed by atoms with Crippen LogP contribution in [0.4, 0.5) is 0 Å². The Kier molecular flexibility index (Phi) is 5.37. The van der Waals surface area contributed by atoms with E-state index < -0.39 is 0 Å². The van der Waals surface area contributed by atoms with Crippen LogP contribution in [-0.4, -0.2) is 23.3 Å². The van der Waals surface area contributed by atoms with E-state index in [-0.39, 0.29) is 5.56 Å². The fraction of sp³-hybridized carbons (Fsp3) is 0.217. The van der Waals surface area contributed by atoms with Gasteiger partial charge in [-0.3, -0.25) is 9.36 Å². The summed E-state index contributed by atoms with van der Waals surface area (Å²) in [6, 6.07) is 20.2. The van der Waals surface area contributed by atoms with Crippen LogP contribution in [0.5, 0.6) is 0 Å². The molecule has 142 valence electrons. The van der Waals surface area contributed by atoms with Crippen LogP contribution in [0.3, 0.4) is 0 Å². The molecule has 0 fully saturated rings. The molecule has 28 heavy (non-hydrogen) atoms. The number of ether oxygens (including phenoxy) is 1. The Balaban J connectivity index is 1.92. The highest BCUT2D eigenvalue weighted by Crippen LogP contribution is 2.35. The molecule has 0 bridgehead atoms. The predicted molar refractivity (Wildman–Crippen MR) is 115 cm³/mol. The van der Waals surface area contributed by atoms with Crippen molar-refractivity contribution in [2.24, 2.45) is 0 Å². The zero-order valence-corrected chi connectivity index (χ0v) is 16.8. The molecule has 0 unspecified atom stereocenters. The molecule has 2 aromatic carbocycles. The van der Waals surface area contributed by atoms with Gasteiger partial charge in [-0.1, -0.05) is 60.7 Å². The molecule has 0 amide bonds. The molecule has 0 aliphatic heterocycles. The number of hydrogen-bond donors (Lipinski definition) is 0. The molecule has 4 rings (SSSR count). The van der Waals surface area contributed by atoms with Gasteiger partial charge < -0.3 is 4.74 Å². The molecule has 0 radical (unpaired) electrons. The van der Waals surface area contributed by atoms with Gasteiger partial charge in [0.15, 0.2) is 0 Å². The van der Waals surface area contributed by atoms with Crippen molar-refractivity contribution in [3.8, 4) is 11.1 Å². The quantitative estimate of drug-likeness (QED) is 0.480. The van der Waals surface area contributed by atoms with E-state index >= 15 is 0 Å². The lowest BCUT2D eigenvalue weighted by molar-refractivity contribution is 0.185. The third-order valence-corrected chi connectivity index (χ3v) is 5.85. The first kappa shape index (κ1) is 18.6. The fourth-order valence-electron chi connectivity index (χ4n) is 3.52. The molecule has 0 N–H and O–H groups in total. The largest absolute Gasteiger partial charge is 0.383 e. The van der Waals surface area contributed by atoms with Crippen LogP contribution < -0.4 is 5.56 Å². The molecule has 4 nitrogen and oxygen atoms in total. The summed E-state index contributed by atoms with van der Waals surface area (Å²) < 4.78 is 7.03. The van der Waals surface area contributed by atoms with E-state index in [4.69, 9.17) is 9.72 Å². The maximum atomic E-state index is 13.5. The Bertz CT molecular complexity index is 1150. The summed E-state index contributed by atoms with van der Waals surface area (Å²) in [4.78, 5) is 20.4. The normalized spacial score (nSPS) is 11.2. The molecule has 0 atom stereocenters. The van der Waals surface area contributed by atoms with Gasteiger partial charge in [-0.2, -0.15) is 0 Å². The Hall–Kier alpha value is -2.76. The topological polar surface area (TPSA) is 44.1 Å². The average molecular weight is 391 g/mol. The second kappa shape index (κ2) is 8.09. The second-order valence-electron chi connectivity index (χ2n) is 6.72. The smallest absolute Gasteiger partial charge is 0.263 e. The summed E-state index contributed by atoms with van der Waals surface area (Å²) in [7, 11) is 1.65. The van der Waals surface area contributed by atoms with E-state index in [1.807, 2.05) is 48.5 Å². The number of aromatic nitrogens is 2. The van der Waals surface area contributed by atoms with Crippen molar-refractivity contribution < 1.29 is 4.74 Å². The molecule has 0 aliphatic carbocycles. The Morgan fingerprint density at radius 3 is 2.39 bits per heavy atom. The van der Waals surface area contributed by atoms with Crippen molar-refractivity contribution in [3.05, 3.63) is 87.3 Å². The molecular weight excluding hydrogens is 368 g/mol. The lowest BCUT2D eigenvalue weighted by atomic mass is 10.0. The number of nitrogens with zero attached hydrogens (tertiary/aromatic N) is 2. The van der Waals surface area contributed by atoms with E-state index in [0.717, 1.165) is 32.2 Å². The molecular formula is C23H22N2O2S. The molecule has 2 aromatic heterocycles. The minimum absolute atomic E-state index is 0.0104. The minimum Gasteiger partial charge on any atom is -0.383 e. The Labute approximate surface area is 168 Å². The molecule has 5 heteroatoms. The monoisotopic (exact) mass is 390 g/mol. The molecule has 0 spiro atoms. The average Bonchev–Trinajstić information content (AvgIpc) is 3.05. The Morgan fingerprint density at radius 2 is 1.71 bits per heavy atom. The predicted octanol–water partition coefficient (Wildman–Crippen LogP) is 4.67. The number of benzene rings is 2. The van der Waals surface area contributed by atoms with Gasteiger partial charge >= 0.3 is 0 Å². The van der Waals surface area contributed by atoms with Gasteiger partial charge in [-0.25, -0.2) is 4.98 Å². The van der Waals surface area contributed by atoms with Crippen LogP contribution in [-0.2, 0) is 17.7 Å². The maximum Gasteiger partial charge on any atom is 0.263 e. The van der Waals surface area contributed by atoms with E-state index in [0.29, 0.717) is 25.0 Å². The maximum absolute atomic E-state index is 13.5. The third-order valence-electron chi connectivity index (χ3n) is 4.85. The molecule has 0 saturated heterocycles. The van der Waals surface area contributed by atoms with E-state index in [1.54, 1.807) is 23.0 Å². The van der Waals surface area contributed by atoms with Gasteiger partial charge in [0.2, 0.25) is 0 Å². The summed E-state index contributed by atoms with van der Waals surface area (Å²) in [6.07, 6.45) is 0.618. The van der Waals surface area contributed by atoms with Crippen LogP contribution in [0.25, 0.3) is 21.3 Å². The highest BCUT2D eigenvalue weighted by Gasteiger charge is 2.19. The van der Waals surface area contributed by atoms with Crippen molar-refractivity contribution >= 4 is 21.6 Å². The molecule has 2 heterocycles. The lowest BCUT2D eigenvalue weighted by Crippen LogP contribution is -2.27. The van der Waals surface area contributed by atoms with Gasteiger partial charge in [0.1, 0.15) is 10.7 Å². The summed E-state index contributed by atoms with van der Waals surface area (Å²) >= 11 is 1.59. The van der Waals surface area contributed by atoms with Gasteiger partial charge in [-0.15, -0.1) is 11.3 Å². The van der Waals surface area contributed by atoms with Crippen LogP contribution in [0.2, 0.25) is 0 Å². The SMILES string of the molecule is COCCn1c(Cc2ccccc2)nc2sc(C)c(-c3ccccc3)c2c1=O. The van der Waals surface area contributed by atoms with E-state index in [1.165, 1.54) is 0 Å². The minimum atomic E-state index is 0.0104. The van der Waals surface area contributed by atoms with Gasteiger partial charge in [-0.05, 0) is 18.1 Å². The molecule has 4 aromatic rings. The number of rotatable bonds is 6.